The highest BCUT2D eigenvalue weighted by Crippen LogP contribution is 2.33. The lowest BCUT2D eigenvalue weighted by Crippen LogP contribution is -2.16. The van der Waals surface area contributed by atoms with Gasteiger partial charge in [-0.1, -0.05) is 17.7 Å². The fourth-order valence-corrected chi connectivity index (χ4v) is 2.61. The van der Waals surface area contributed by atoms with Gasteiger partial charge in [0.15, 0.2) is 0 Å². The van der Waals surface area contributed by atoms with Crippen LogP contribution in [0, 0.1) is 0 Å². The largest absolute Gasteiger partial charge is 0.379 e. The Morgan fingerprint density at radius 1 is 1.27 bits per heavy atom. The predicted molar refractivity (Wildman–Crippen MR) is 88.6 cm³/mol. The summed E-state index contributed by atoms with van der Waals surface area (Å²) in [6, 6.07) is 9.44. The Hall–Kier alpha value is -2.33. The standard InChI is InChI=1S/C17H16ClN3O/c1-21(9-6-12-4-7-19-8-5-12)11-15-14-3-2-13(18)10-16(14)20-17(15)22/h2-5,7-8,10-11H,6,9H2,1H3,(H,20,22)/b15-11+. The normalized spacial score (nSPS) is 14.8. The van der Waals surface area contributed by atoms with Crippen LogP contribution in [0.1, 0.15) is 11.1 Å². The number of benzene rings is 1. The summed E-state index contributed by atoms with van der Waals surface area (Å²) in [5, 5.41) is 3.46. The Morgan fingerprint density at radius 3 is 2.82 bits per heavy atom. The minimum atomic E-state index is -0.0898. The highest BCUT2D eigenvalue weighted by molar-refractivity contribution is 6.34. The van der Waals surface area contributed by atoms with Crippen LogP contribution in [0.15, 0.2) is 48.9 Å². The molecule has 3 rings (SSSR count). The lowest BCUT2D eigenvalue weighted by Gasteiger charge is -2.15. The number of pyridine rings is 1. The number of fused-ring (bicyclic) bond motifs is 1. The summed E-state index contributed by atoms with van der Waals surface area (Å²) < 4.78 is 0. The van der Waals surface area contributed by atoms with E-state index < -0.39 is 0 Å². The molecule has 0 saturated carbocycles. The van der Waals surface area contributed by atoms with E-state index in [2.05, 4.69) is 10.3 Å². The van der Waals surface area contributed by atoms with Crippen LogP contribution in [0.4, 0.5) is 5.69 Å². The fourth-order valence-electron chi connectivity index (χ4n) is 2.43. The van der Waals surface area contributed by atoms with Gasteiger partial charge in [0.05, 0.1) is 11.3 Å². The molecule has 22 heavy (non-hydrogen) atoms. The zero-order chi connectivity index (χ0) is 15.5. The molecule has 0 aliphatic carbocycles. The molecule has 0 bridgehead atoms. The average molecular weight is 314 g/mol. The number of anilines is 1. The Balaban J connectivity index is 1.73. The minimum Gasteiger partial charge on any atom is -0.379 e. The van der Waals surface area contributed by atoms with Crippen molar-refractivity contribution in [2.24, 2.45) is 0 Å². The lowest BCUT2D eigenvalue weighted by molar-refractivity contribution is -0.110. The molecule has 1 N–H and O–H groups in total. The van der Waals surface area contributed by atoms with Crippen molar-refractivity contribution >= 4 is 28.8 Å². The van der Waals surface area contributed by atoms with Crippen LogP contribution < -0.4 is 5.32 Å². The van der Waals surface area contributed by atoms with Gasteiger partial charge in [-0.3, -0.25) is 9.78 Å². The summed E-state index contributed by atoms with van der Waals surface area (Å²) in [6.07, 6.45) is 6.37. The van der Waals surface area contributed by atoms with Crippen molar-refractivity contribution < 1.29 is 4.79 Å². The fraction of sp³-hybridized carbons (Fsp3) is 0.176. The van der Waals surface area contributed by atoms with Crippen LogP contribution in [0.5, 0.6) is 0 Å². The molecule has 1 aromatic heterocycles. The van der Waals surface area contributed by atoms with Gasteiger partial charge in [0.2, 0.25) is 0 Å². The molecule has 0 fully saturated rings. The molecule has 4 nitrogen and oxygen atoms in total. The first-order chi connectivity index (χ1) is 10.6. The van der Waals surface area contributed by atoms with Gasteiger partial charge in [0, 0.05) is 42.8 Å². The number of likely N-dealkylation sites (N-methyl/N-ethyl adjacent to an activating group) is 1. The van der Waals surface area contributed by atoms with Gasteiger partial charge in [-0.25, -0.2) is 0 Å². The van der Waals surface area contributed by atoms with Crippen molar-refractivity contribution in [3.8, 4) is 0 Å². The summed E-state index contributed by atoms with van der Waals surface area (Å²) in [5.41, 5.74) is 3.56. The van der Waals surface area contributed by atoms with E-state index in [0.717, 1.165) is 24.2 Å². The predicted octanol–water partition coefficient (Wildman–Crippen LogP) is 3.20. The zero-order valence-electron chi connectivity index (χ0n) is 12.2. The maximum atomic E-state index is 12.1. The zero-order valence-corrected chi connectivity index (χ0v) is 13.0. The lowest BCUT2D eigenvalue weighted by atomic mass is 10.1. The second-order valence-corrected chi connectivity index (χ2v) is 5.71. The third kappa shape index (κ3) is 3.12. The van der Waals surface area contributed by atoms with Crippen molar-refractivity contribution in [3.05, 3.63) is 65.1 Å². The molecule has 1 aromatic carbocycles. The first-order valence-corrected chi connectivity index (χ1v) is 7.43. The van der Waals surface area contributed by atoms with Crippen LogP contribution in [-0.2, 0) is 11.2 Å². The van der Waals surface area contributed by atoms with Crippen molar-refractivity contribution in [2.75, 3.05) is 18.9 Å². The van der Waals surface area contributed by atoms with Crippen molar-refractivity contribution in [1.82, 2.24) is 9.88 Å². The number of amides is 1. The monoisotopic (exact) mass is 313 g/mol. The summed E-state index contributed by atoms with van der Waals surface area (Å²) >= 11 is 5.96. The number of carbonyl (C=O) groups excluding carboxylic acids is 1. The molecule has 0 atom stereocenters. The smallest absolute Gasteiger partial charge is 0.257 e. The average Bonchev–Trinajstić information content (AvgIpc) is 2.81. The van der Waals surface area contributed by atoms with Crippen LogP contribution in [0.3, 0.4) is 0 Å². The highest BCUT2D eigenvalue weighted by Gasteiger charge is 2.24. The molecule has 1 aliphatic heterocycles. The second kappa shape index (κ2) is 6.20. The van der Waals surface area contributed by atoms with E-state index in [4.69, 9.17) is 11.6 Å². The number of hydrogen-bond donors (Lipinski definition) is 1. The molecule has 0 saturated heterocycles. The number of halogens is 1. The van der Waals surface area contributed by atoms with E-state index in [1.165, 1.54) is 5.56 Å². The third-order valence-corrected chi connectivity index (χ3v) is 3.85. The van der Waals surface area contributed by atoms with Crippen molar-refractivity contribution in [3.63, 3.8) is 0 Å². The Labute approximate surface area is 134 Å². The molecule has 1 aliphatic rings. The highest BCUT2D eigenvalue weighted by atomic mass is 35.5. The van der Waals surface area contributed by atoms with E-state index in [0.29, 0.717) is 10.6 Å². The third-order valence-electron chi connectivity index (χ3n) is 3.62. The van der Waals surface area contributed by atoms with Crippen molar-refractivity contribution in [1.29, 1.82) is 0 Å². The first kappa shape index (κ1) is 14.6. The summed E-state index contributed by atoms with van der Waals surface area (Å²) in [6.45, 7) is 0.823. The van der Waals surface area contributed by atoms with Gasteiger partial charge < -0.3 is 10.2 Å². The molecule has 2 heterocycles. The van der Waals surface area contributed by atoms with E-state index in [-0.39, 0.29) is 5.91 Å². The van der Waals surface area contributed by atoms with Gasteiger partial charge in [-0.15, -0.1) is 0 Å². The molecule has 2 aromatic rings. The van der Waals surface area contributed by atoms with Crippen LogP contribution in [-0.4, -0.2) is 29.4 Å². The van der Waals surface area contributed by atoms with Crippen LogP contribution >= 0.6 is 11.6 Å². The van der Waals surface area contributed by atoms with Gasteiger partial charge in [0.1, 0.15) is 0 Å². The van der Waals surface area contributed by atoms with E-state index >= 15 is 0 Å². The van der Waals surface area contributed by atoms with E-state index in [1.807, 2.05) is 36.3 Å². The SMILES string of the molecule is CN(/C=C1/C(=O)Nc2cc(Cl)ccc21)CCc1ccncc1. The molecule has 0 spiro atoms. The number of carbonyl (C=O) groups is 1. The molecule has 0 radical (unpaired) electrons. The van der Waals surface area contributed by atoms with E-state index in [1.54, 1.807) is 24.5 Å². The number of hydrogen-bond acceptors (Lipinski definition) is 3. The summed E-state index contributed by atoms with van der Waals surface area (Å²) in [4.78, 5) is 18.1. The molecule has 1 amide bonds. The minimum absolute atomic E-state index is 0.0898. The molecule has 5 heteroatoms. The second-order valence-electron chi connectivity index (χ2n) is 5.27. The first-order valence-electron chi connectivity index (χ1n) is 7.06. The van der Waals surface area contributed by atoms with Crippen molar-refractivity contribution in [2.45, 2.75) is 6.42 Å². The topological polar surface area (TPSA) is 45.2 Å². The molecule has 112 valence electrons. The maximum absolute atomic E-state index is 12.1. The Morgan fingerprint density at radius 2 is 2.05 bits per heavy atom. The Bertz CT molecular complexity index is 728. The van der Waals surface area contributed by atoms with E-state index in [9.17, 15) is 4.79 Å². The maximum Gasteiger partial charge on any atom is 0.257 e. The number of nitrogens with zero attached hydrogens (tertiary/aromatic N) is 2. The summed E-state index contributed by atoms with van der Waals surface area (Å²) in [5.74, 6) is -0.0898. The van der Waals surface area contributed by atoms with Gasteiger partial charge >= 0.3 is 0 Å². The van der Waals surface area contributed by atoms with Gasteiger partial charge in [-0.2, -0.15) is 0 Å². The molecule has 0 unspecified atom stereocenters. The number of rotatable bonds is 4. The van der Waals surface area contributed by atoms with Gasteiger partial charge in [-0.05, 0) is 36.2 Å². The van der Waals surface area contributed by atoms with Crippen LogP contribution in [0.2, 0.25) is 5.02 Å². The number of nitrogens with one attached hydrogen (secondary N) is 1. The van der Waals surface area contributed by atoms with Crippen LogP contribution in [0.25, 0.3) is 5.57 Å². The molecular weight excluding hydrogens is 298 g/mol. The number of aromatic nitrogens is 1. The summed E-state index contributed by atoms with van der Waals surface area (Å²) in [7, 11) is 1.97. The molecular formula is C17H16ClN3O. The quantitative estimate of drug-likeness (QED) is 0.882. The van der Waals surface area contributed by atoms with Gasteiger partial charge in [0.25, 0.3) is 5.91 Å². The Kier molecular flexibility index (Phi) is 4.11.